The molecule has 1 amide bonds. The van der Waals surface area contributed by atoms with Gasteiger partial charge in [0.1, 0.15) is 11.7 Å². The number of nitrogens with one attached hydrogen (secondary N) is 2. The molecule has 2 N–H and O–H groups in total. The van der Waals surface area contributed by atoms with Crippen LogP contribution in [0.3, 0.4) is 0 Å². The van der Waals surface area contributed by atoms with Crippen molar-refractivity contribution >= 4 is 21.8 Å². The van der Waals surface area contributed by atoms with Gasteiger partial charge in [-0.25, -0.2) is 12.8 Å². The second-order valence-electron chi connectivity index (χ2n) is 12.6. The van der Waals surface area contributed by atoms with Crippen molar-refractivity contribution in [3.8, 4) is 0 Å². The summed E-state index contributed by atoms with van der Waals surface area (Å²) < 4.78 is 120. The van der Waals surface area contributed by atoms with E-state index in [0.29, 0.717) is 11.4 Å². The number of hydrogen-bond donors (Lipinski definition) is 2. The molecule has 1 aliphatic heterocycles. The number of benzene rings is 2. The summed E-state index contributed by atoms with van der Waals surface area (Å²) in [6.45, 7) is 4.08. The summed E-state index contributed by atoms with van der Waals surface area (Å²) in [5.74, 6) is -0.869. The van der Waals surface area contributed by atoms with Crippen molar-refractivity contribution in [3.05, 3.63) is 65.5 Å². The molecule has 0 aromatic heterocycles. The third-order valence-electron chi connectivity index (χ3n) is 9.16. The number of alkyl halides is 6. The molecular weight excluding hydrogens is 617 g/mol. The normalized spacial score (nSPS) is 27.7. The summed E-state index contributed by atoms with van der Waals surface area (Å²) in [4.78, 5) is 17.5. The number of halogens is 7. The van der Waals surface area contributed by atoms with E-state index in [9.17, 15) is 43.9 Å². The molecule has 1 atom stereocenters. The second kappa shape index (κ2) is 10.2. The molecule has 0 radical (unpaired) electrons. The fourth-order valence-electron chi connectivity index (χ4n) is 6.34. The van der Waals surface area contributed by atoms with Gasteiger partial charge in [-0.15, -0.1) is 0 Å². The minimum Gasteiger partial charge on any atom is -0.365 e. The molecular formula is C29H31F7N4O3S. The van der Waals surface area contributed by atoms with Crippen LogP contribution < -0.4 is 10.6 Å². The number of carbonyl (C=O) groups is 1. The van der Waals surface area contributed by atoms with Crippen molar-refractivity contribution in [1.82, 2.24) is 14.9 Å². The molecule has 240 valence electrons. The fraction of sp³-hybridized carbons (Fsp3) is 0.517. The maximum absolute atomic E-state index is 13.9. The van der Waals surface area contributed by atoms with E-state index in [-0.39, 0.29) is 30.7 Å². The van der Waals surface area contributed by atoms with Gasteiger partial charge < -0.3 is 10.6 Å². The highest BCUT2D eigenvalue weighted by atomic mass is 32.2. The van der Waals surface area contributed by atoms with Gasteiger partial charge in [0.05, 0.1) is 22.4 Å². The molecule has 15 heteroatoms. The van der Waals surface area contributed by atoms with Crippen molar-refractivity contribution in [3.63, 3.8) is 0 Å². The molecule has 2 bridgehead atoms. The Kier molecular flexibility index (Phi) is 7.43. The van der Waals surface area contributed by atoms with Gasteiger partial charge in [0, 0.05) is 24.0 Å². The highest BCUT2D eigenvalue weighted by Crippen LogP contribution is 2.72. The maximum Gasteiger partial charge on any atom is 0.416 e. The van der Waals surface area contributed by atoms with Gasteiger partial charge in [-0.2, -0.15) is 30.6 Å². The van der Waals surface area contributed by atoms with Gasteiger partial charge in [-0.05, 0) is 82.0 Å². The number of carbonyl (C=O) groups excluding carboxylic acids is 1. The van der Waals surface area contributed by atoms with Gasteiger partial charge in [0.2, 0.25) is 15.9 Å². The first kappa shape index (κ1) is 32.2. The van der Waals surface area contributed by atoms with E-state index >= 15 is 0 Å². The highest BCUT2D eigenvalue weighted by molar-refractivity contribution is 7.89. The molecule has 0 saturated heterocycles. The van der Waals surface area contributed by atoms with E-state index in [0.717, 1.165) is 36.4 Å². The number of rotatable bonds is 9. The van der Waals surface area contributed by atoms with Crippen molar-refractivity contribution in [1.29, 1.82) is 0 Å². The van der Waals surface area contributed by atoms with E-state index in [4.69, 9.17) is 0 Å². The summed E-state index contributed by atoms with van der Waals surface area (Å²) >= 11 is 0. The standard InChI is InChI=1S/C29H31F7N4O3S/c1-24(2)25(3,23(41)37-13-12-28(31,32)33)39-22(38-24)26-15-27(16-26,17-26)40(44(42,43)21-10-8-20(30)9-11-21)14-18-4-6-19(7-5-18)29(34,35)36/h4-11H,12-17H2,1-3H3,(H,37,41)(H,38,39)/t25-,26?,27?/m0/s1. The zero-order valence-corrected chi connectivity index (χ0v) is 24.9. The third-order valence-corrected chi connectivity index (χ3v) is 11.1. The predicted molar refractivity (Wildman–Crippen MR) is 146 cm³/mol. The average Bonchev–Trinajstić information content (AvgIpc) is 3.10. The van der Waals surface area contributed by atoms with Crippen molar-refractivity contribution in [2.24, 2.45) is 10.4 Å². The molecule has 2 aromatic rings. The van der Waals surface area contributed by atoms with Crippen LogP contribution >= 0.6 is 0 Å². The molecule has 0 spiro atoms. The Labute approximate surface area is 250 Å². The summed E-state index contributed by atoms with van der Waals surface area (Å²) in [5.41, 5.74) is -4.53. The van der Waals surface area contributed by atoms with Crippen LogP contribution in [-0.2, 0) is 27.5 Å². The van der Waals surface area contributed by atoms with E-state index in [1.165, 1.54) is 23.4 Å². The van der Waals surface area contributed by atoms with Crippen LogP contribution in [0.1, 0.15) is 57.6 Å². The van der Waals surface area contributed by atoms with Gasteiger partial charge in [-0.1, -0.05) is 12.1 Å². The number of amides is 1. The van der Waals surface area contributed by atoms with Gasteiger partial charge in [0.25, 0.3) is 0 Å². The van der Waals surface area contributed by atoms with Crippen LogP contribution in [-0.4, -0.2) is 53.8 Å². The third kappa shape index (κ3) is 5.46. The van der Waals surface area contributed by atoms with Gasteiger partial charge in [0.15, 0.2) is 5.54 Å². The van der Waals surface area contributed by atoms with E-state index in [2.05, 4.69) is 15.6 Å². The van der Waals surface area contributed by atoms with Crippen LogP contribution in [0.25, 0.3) is 0 Å². The molecule has 3 saturated carbocycles. The molecule has 0 unspecified atom stereocenters. The van der Waals surface area contributed by atoms with Crippen LogP contribution in [0.5, 0.6) is 0 Å². The van der Waals surface area contributed by atoms with Crippen molar-refractivity contribution < 1.29 is 43.9 Å². The minimum atomic E-state index is -4.56. The molecule has 1 heterocycles. The maximum atomic E-state index is 13.9. The Hall–Kier alpha value is -3.20. The lowest BCUT2D eigenvalue weighted by atomic mass is 9.38. The summed E-state index contributed by atoms with van der Waals surface area (Å²) in [5, 5.41) is 5.56. The van der Waals surface area contributed by atoms with E-state index in [1.54, 1.807) is 13.8 Å². The second-order valence-corrected chi connectivity index (χ2v) is 14.5. The van der Waals surface area contributed by atoms with Crippen molar-refractivity contribution in [2.45, 2.75) is 86.9 Å². The Bertz CT molecular complexity index is 1570. The first-order valence-electron chi connectivity index (χ1n) is 13.8. The monoisotopic (exact) mass is 648 g/mol. The minimum absolute atomic E-state index is 0.176. The fourth-order valence-corrected chi connectivity index (χ4v) is 8.10. The summed E-state index contributed by atoms with van der Waals surface area (Å²) in [6, 6.07) is 8.44. The summed E-state index contributed by atoms with van der Waals surface area (Å²) in [6.07, 6.45) is -9.33. The zero-order chi connectivity index (χ0) is 32.6. The molecule has 3 aliphatic carbocycles. The number of amidine groups is 1. The molecule has 6 rings (SSSR count). The SMILES string of the molecule is CC1(C)NC(C23CC(N(Cc4ccc(C(F)(F)F)cc4)S(=O)(=O)c4ccc(F)cc4)(C2)C3)=N[C@@]1(C)C(=O)NCCC(F)(F)F. The molecule has 2 aromatic carbocycles. The van der Waals surface area contributed by atoms with Crippen LogP contribution in [0, 0.1) is 11.2 Å². The first-order chi connectivity index (χ1) is 20.1. The molecule has 4 aliphatic rings. The van der Waals surface area contributed by atoms with Gasteiger partial charge in [-0.3, -0.25) is 9.79 Å². The lowest BCUT2D eigenvalue weighted by molar-refractivity contribution is -0.151. The number of hydrogen-bond acceptors (Lipinski definition) is 5. The van der Waals surface area contributed by atoms with Crippen LogP contribution in [0.2, 0.25) is 0 Å². The number of aliphatic imine (C=N–C) groups is 1. The zero-order valence-electron chi connectivity index (χ0n) is 24.0. The number of nitrogens with zero attached hydrogens (tertiary/aromatic N) is 2. The quantitative estimate of drug-likeness (QED) is 0.349. The van der Waals surface area contributed by atoms with E-state index in [1.807, 2.05) is 0 Å². The van der Waals surface area contributed by atoms with Crippen LogP contribution in [0.4, 0.5) is 30.7 Å². The lowest BCUT2D eigenvalue weighted by Gasteiger charge is -2.73. The Balaban J connectivity index is 1.40. The first-order valence-corrected chi connectivity index (χ1v) is 15.2. The molecule has 7 nitrogen and oxygen atoms in total. The predicted octanol–water partition coefficient (Wildman–Crippen LogP) is 5.57. The van der Waals surface area contributed by atoms with Crippen LogP contribution in [0.15, 0.2) is 58.4 Å². The molecule has 3 fully saturated rings. The lowest BCUT2D eigenvalue weighted by Crippen LogP contribution is -2.78. The Morgan fingerprint density at radius 1 is 0.955 bits per heavy atom. The average molecular weight is 649 g/mol. The molecule has 44 heavy (non-hydrogen) atoms. The summed E-state index contributed by atoms with van der Waals surface area (Å²) in [7, 11) is -4.24. The smallest absolute Gasteiger partial charge is 0.365 e. The largest absolute Gasteiger partial charge is 0.416 e. The Morgan fingerprint density at radius 3 is 2.05 bits per heavy atom. The topological polar surface area (TPSA) is 90.9 Å². The number of sulfonamides is 1. The van der Waals surface area contributed by atoms with Gasteiger partial charge >= 0.3 is 12.4 Å². The Morgan fingerprint density at radius 2 is 1.52 bits per heavy atom. The highest BCUT2D eigenvalue weighted by Gasteiger charge is 2.75. The van der Waals surface area contributed by atoms with E-state index < -0.39 is 74.7 Å². The van der Waals surface area contributed by atoms with Crippen molar-refractivity contribution in [2.75, 3.05) is 6.54 Å².